The zero-order valence-electron chi connectivity index (χ0n) is 14.0. The minimum Gasteiger partial charge on any atom is -0.353 e. The van der Waals surface area contributed by atoms with Crippen molar-refractivity contribution in [1.29, 1.82) is 0 Å². The quantitative estimate of drug-likeness (QED) is 0.526. The monoisotopic (exact) mass is 345 g/mol. The number of amides is 1. The summed E-state index contributed by atoms with van der Waals surface area (Å²) in [6.07, 6.45) is 7.07. The third-order valence-electron chi connectivity index (χ3n) is 4.49. The smallest absolute Gasteiger partial charge is 0.261 e. The van der Waals surface area contributed by atoms with E-state index in [1.807, 2.05) is 18.2 Å². The van der Waals surface area contributed by atoms with Crippen molar-refractivity contribution in [2.45, 2.75) is 49.7 Å². The third-order valence-corrected chi connectivity index (χ3v) is 5.52. The lowest BCUT2D eigenvalue weighted by Gasteiger charge is -2.16. The van der Waals surface area contributed by atoms with E-state index in [1.165, 1.54) is 42.0 Å². The highest BCUT2D eigenvalue weighted by molar-refractivity contribution is 7.99. The summed E-state index contributed by atoms with van der Waals surface area (Å²) in [5, 5.41) is 4.31. The van der Waals surface area contributed by atoms with Crippen LogP contribution in [0.15, 0.2) is 34.2 Å². The van der Waals surface area contributed by atoms with Crippen molar-refractivity contribution < 1.29 is 4.79 Å². The summed E-state index contributed by atoms with van der Waals surface area (Å²) in [6.45, 7) is 0. The molecule has 0 spiro atoms. The molecular formula is C18H23N3O2S. The van der Waals surface area contributed by atoms with Gasteiger partial charge < -0.3 is 5.32 Å². The van der Waals surface area contributed by atoms with Gasteiger partial charge in [-0.15, -0.1) is 0 Å². The Balaban J connectivity index is 1.65. The fourth-order valence-electron chi connectivity index (χ4n) is 3.15. The number of carbonyl (C=O) groups is 1. The molecule has 128 valence electrons. The SMILES string of the molecule is Cn1c(SCC(=O)NC2CCCCCC2)nc2ccccc2c1=O. The van der Waals surface area contributed by atoms with Gasteiger partial charge in [-0.3, -0.25) is 14.2 Å². The topological polar surface area (TPSA) is 64.0 Å². The Hall–Kier alpha value is -1.82. The third kappa shape index (κ3) is 3.98. The molecule has 1 aromatic heterocycles. The zero-order chi connectivity index (χ0) is 16.9. The van der Waals surface area contributed by atoms with Crippen molar-refractivity contribution in [3.63, 3.8) is 0 Å². The van der Waals surface area contributed by atoms with E-state index < -0.39 is 0 Å². The summed E-state index contributed by atoms with van der Waals surface area (Å²) in [7, 11) is 1.70. The first-order valence-corrected chi connectivity index (χ1v) is 9.51. The number of nitrogens with zero attached hydrogens (tertiary/aromatic N) is 2. The van der Waals surface area contributed by atoms with Gasteiger partial charge in [0.25, 0.3) is 5.56 Å². The number of benzene rings is 1. The molecule has 2 aromatic rings. The minimum absolute atomic E-state index is 0.0225. The van der Waals surface area contributed by atoms with Gasteiger partial charge in [-0.1, -0.05) is 49.6 Å². The second kappa shape index (κ2) is 7.83. The molecule has 1 fully saturated rings. The van der Waals surface area contributed by atoms with Gasteiger partial charge in [0.05, 0.1) is 16.7 Å². The maximum atomic E-state index is 12.4. The second-order valence-electron chi connectivity index (χ2n) is 6.32. The fourth-order valence-corrected chi connectivity index (χ4v) is 3.93. The molecule has 1 N–H and O–H groups in total. The van der Waals surface area contributed by atoms with Crippen molar-refractivity contribution in [2.75, 3.05) is 5.75 Å². The molecule has 1 heterocycles. The highest BCUT2D eigenvalue weighted by atomic mass is 32.2. The molecule has 1 aliphatic rings. The molecule has 0 bridgehead atoms. The standard InChI is InChI=1S/C18H23N3O2S/c1-21-17(23)14-10-6-7-11-15(14)20-18(21)24-12-16(22)19-13-8-4-2-3-5-9-13/h6-7,10-11,13H,2-5,8-9,12H2,1H3,(H,19,22). The van der Waals surface area contributed by atoms with Crippen LogP contribution in [-0.2, 0) is 11.8 Å². The number of para-hydroxylation sites is 1. The summed E-state index contributed by atoms with van der Waals surface area (Å²) < 4.78 is 1.52. The zero-order valence-corrected chi connectivity index (χ0v) is 14.8. The Kier molecular flexibility index (Phi) is 5.56. The van der Waals surface area contributed by atoms with E-state index >= 15 is 0 Å². The Bertz CT molecular complexity index is 779. The van der Waals surface area contributed by atoms with Gasteiger partial charge in [0, 0.05) is 13.1 Å². The molecule has 3 rings (SSSR count). The molecular weight excluding hydrogens is 322 g/mol. The first-order chi connectivity index (χ1) is 11.6. The van der Waals surface area contributed by atoms with Gasteiger partial charge in [-0.05, 0) is 25.0 Å². The number of nitrogens with one attached hydrogen (secondary N) is 1. The average Bonchev–Trinajstić information content (AvgIpc) is 2.85. The summed E-state index contributed by atoms with van der Waals surface area (Å²) in [6, 6.07) is 7.60. The molecule has 1 amide bonds. The van der Waals surface area contributed by atoms with Gasteiger partial charge in [-0.25, -0.2) is 4.98 Å². The molecule has 1 aromatic carbocycles. The highest BCUT2D eigenvalue weighted by Crippen LogP contribution is 2.19. The van der Waals surface area contributed by atoms with Crippen molar-refractivity contribution in [3.8, 4) is 0 Å². The minimum atomic E-state index is -0.0766. The van der Waals surface area contributed by atoms with E-state index in [9.17, 15) is 9.59 Å². The van der Waals surface area contributed by atoms with E-state index in [1.54, 1.807) is 13.1 Å². The number of carbonyl (C=O) groups excluding carboxylic acids is 1. The maximum Gasteiger partial charge on any atom is 0.261 e. The van der Waals surface area contributed by atoms with E-state index in [4.69, 9.17) is 0 Å². The largest absolute Gasteiger partial charge is 0.353 e. The molecule has 0 saturated heterocycles. The number of hydrogen-bond acceptors (Lipinski definition) is 4. The summed E-state index contributed by atoms with van der Waals surface area (Å²) in [5.74, 6) is 0.309. The van der Waals surface area contributed by atoms with Crippen LogP contribution >= 0.6 is 11.8 Å². The van der Waals surface area contributed by atoms with Crippen molar-refractivity contribution in [3.05, 3.63) is 34.6 Å². The Morgan fingerprint density at radius 2 is 1.96 bits per heavy atom. The molecule has 24 heavy (non-hydrogen) atoms. The lowest BCUT2D eigenvalue weighted by molar-refractivity contribution is -0.119. The van der Waals surface area contributed by atoms with Crippen LogP contribution < -0.4 is 10.9 Å². The summed E-state index contributed by atoms with van der Waals surface area (Å²) >= 11 is 1.32. The first kappa shape index (κ1) is 17.0. The predicted molar refractivity (Wildman–Crippen MR) is 97.3 cm³/mol. The number of hydrogen-bond donors (Lipinski definition) is 1. The maximum absolute atomic E-state index is 12.4. The molecule has 6 heteroatoms. The highest BCUT2D eigenvalue weighted by Gasteiger charge is 2.16. The fraction of sp³-hybridized carbons (Fsp3) is 0.500. The van der Waals surface area contributed by atoms with Crippen molar-refractivity contribution >= 4 is 28.6 Å². The normalized spacial score (nSPS) is 16.0. The molecule has 5 nitrogen and oxygen atoms in total. The molecule has 0 unspecified atom stereocenters. The number of thioether (sulfide) groups is 1. The number of fused-ring (bicyclic) bond motifs is 1. The van der Waals surface area contributed by atoms with Gasteiger partial charge in [0.15, 0.2) is 5.16 Å². The Morgan fingerprint density at radius 1 is 1.25 bits per heavy atom. The van der Waals surface area contributed by atoms with Crippen LogP contribution in [0.3, 0.4) is 0 Å². The molecule has 0 radical (unpaired) electrons. The molecule has 1 saturated carbocycles. The van der Waals surface area contributed by atoms with E-state index in [-0.39, 0.29) is 17.2 Å². The van der Waals surface area contributed by atoms with Crippen LogP contribution in [0.2, 0.25) is 0 Å². The van der Waals surface area contributed by atoms with Crippen LogP contribution in [0.1, 0.15) is 38.5 Å². The first-order valence-electron chi connectivity index (χ1n) is 8.53. The molecule has 0 aliphatic heterocycles. The predicted octanol–water partition coefficient (Wildman–Crippen LogP) is 2.86. The van der Waals surface area contributed by atoms with Crippen LogP contribution in [0, 0.1) is 0 Å². The van der Waals surface area contributed by atoms with Gasteiger partial charge >= 0.3 is 0 Å². The van der Waals surface area contributed by atoms with E-state index in [2.05, 4.69) is 10.3 Å². The Labute approximate surface area is 145 Å². The molecule has 1 aliphatic carbocycles. The van der Waals surface area contributed by atoms with Crippen LogP contribution in [0.25, 0.3) is 10.9 Å². The number of rotatable bonds is 4. The van der Waals surface area contributed by atoms with Gasteiger partial charge in [0.2, 0.25) is 5.91 Å². The summed E-state index contributed by atoms with van der Waals surface area (Å²) in [4.78, 5) is 29.1. The van der Waals surface area contributed by atoms with Gasteiger partial charge in [-0.2, -0.15) is 0 Å². The number of aromatic nitrogens is 2. The Morgan fingerprint density at radius 3 is 2.71 bits per heavy atom. The lowest BCUT2D eigenvalue weighted by Crippen LogP contribution is -2.35. The van der Waals surface area contributed by atoms with Crippen LogP contribution in [-0.4, -0.2) is 27.3 Å². The van der Waals surface area contributed by atoms with Crippen LogP contribution in [0.5, 0.6) is 0 Å². The van der Waals surface area contributed by atoms with E-state index in [0.717, 1.165) is 12.8 Å². The van der Waals surface area contributed by atoms with Crippen LogP contribution in [0.4, 0.5) is 0 Å². The van der Waals surface area contributed by atoms with Gasteiger partial charge in [0.1, 0.15) is 0 Å². The lowest BCUT2D eigenvalue weighted by atomic mass is 10.1. The van der Waals surface area contributed by atoms with E-state index in [0.29, 0.717) is 22.1 Å². The molecule has 0 atom stereocenters. The second-order valence-corrected chi connectivity index (χ2v) is 7.26. The average molecular weight is 345 g/mol. The van der Waals surface area contributed by atoms with Crippen molar-refractivity contribution in [1.82, 2.24) is 14.9 Å². The summed E-state index contributed by atoms with van der Waals surface area (Å²) in [5.41, 5.74) is 0.597. The van der Waals surface area contributed by atoms with Crippen molar-refractivity contribution in [2.24, 2.45) is 7.05 Å².